The molecule has 1 heterocycles. The maximum absolute atomic E-state index is 13.8. The van der Waals surface area contributed by atoms with E-state index in [9.17, 15) is 21.6 Å². The highest BCUT2D eigenvalue weighted by Gasteiger charge is 2.17. The molecular formula is C22H16F3N3O2S. The van der Waals surface area contributed by atoms with Gasteiger partial charge in [0.25, 0.3) is 0 Å². The van der Waals surface area contributed by atoms with E-state index in [1.165, 1.54) is 25.3 Å². The number of nitrogens with zero attached hydrogens (tertiary/aromatic N) is 1. The number of aromatic amines is 1. The third kappa shape index (κ3) is 4.10. The van der Waals surface area contributed by atoms with Crippen LogP contribution < -0.4 is 4.72 Å². The van der Waals surface area contributed by atoms with Gasteiger partial charge in [0.05, 0.1) is 15.9 Å². The largest absolute Gasteiger partial charge is 0.338 e. The van der Waals surface area contributed by atoms with E-state index in [2.05, 4.69) is 14.7 Å². The summed E-state index contributed by atoms with van der Waals surface area (Å²) in [5, 5.41) is 0. The first-order valence-corrected chi connectivity index (χ1v) is 10.6. The molecule has 4 aromatic rings. The van der Waals surface area contributed by atoms with Crippen molar-refractivity contribution in [3.8, 4) is 11.1 Å². The fourth-order valence-corrected chi connectivity index (χ4v) is 4.11. The van der Waals surface area contributed by atoms with Gasteiger partial charge in [-0.25, -0.2) is 31.3 Å². The average Bonchev–Trinajstić information content (AvgIpc) is 3.17. The molecule has 0 aliphatic heterocycles. The molecule has 5 nitrogen and oxygen atoms in total. The smallest absolute Gasteiger partial charge is 0.240 e. The molecule has 0 atom stereocenters. The zero-order valence-corrected chi connectivity index (χ0v) is 17.0. The lowest BCUT2D eigenvalue weighted by Crippen LogP contribution is -2.19. The highest BCUT2D eigenvalue weighted by atomic mass is 32.2. The van der Waals surface area contributed by atoms with E-state index in [0.717, 1.165) is 6.07 Å². The van der Waals surface area contributed by atoms with Crippen LogP contribution in [0.4, 0.5) is 13.2 Å². The van der Waals surface area contributed by atoms with Gasteiger partial charge in [0.15, 0.2) is 11.6 Å². The lowest BCUT2D eigenvalue weighted by Gasteiger charge is -2.09. The van der Waals surface area contributed by atoms with E-state index in [4.69, 9.17) is 0 Å². The van der Waals surface area contributed by atoms with Crippen molar-refractivity contribution >= 4 is 33.2 Å². The number of H-pyrrole nitrogens is 1. The summed E-state index contributed by atoms with van der Waals surface area (Å²) in [4.78, 5) is 7.57. The van der Waals surface area contributed by atoms with Gasteiger partial charge in [-0.3, -0.25) is 0 Å². The van der Waals surface area contributed by atoms with Crippen molar-refractivity contribution in [2.75, 3.05) is 7.05 Å². The van der Waals surface area contributed by atoms with E-state index in [1.54, 1.807) is 36.4 Å². The first kappa shape index (κ1) is 20.8. The number of halogens is 3. The zero-order valence-electron chi connectivity index (χ0n) is 16.2. The fraction of sp³-hybridized carbons (Fsp3) is 0.0455. The van der Waals surface area contributed by atoms with Gasteiger partial charge in [-0.15, -0.1) is 0 Å². The molecule has 0 aliphatic carbocycles. The number of hydrogen-bond acceptors (Lipinski definition) is 3. The number of aromatic nitrogens is 2. The Balaban J connectivity index is 1.72. The first-order chi connectivity index (χ1) is 14.8. The summed E-state index contributed by atoms with van der Waals surface area (Å²) in [6.07, 6.45) is 2.72. The van der Waals surface area contributed by atoms with E-state index in [1.807, 2.05) is 0 Å². The zero-order chi connectivity index (χ0) is 22.2. The lowest BCUT2D eigenvalue weighted by molar-refractivity contribution is 0.494. The molecule has 0 bridgehead atoms. The molecule has 9 heteroatoms. The van der Waals surface area contributed by atoms with Gasteiger partial charge < -0.3 is 4.98 Å². The minimum absolute atomic E-state index is 0.119. The molecule has 4 rings (SSSR count). The number of fused-ring (bicyclic) bond motifs is 1. The van der Waals surface area contributed by atoms with Crippen LogP contribution >= 0.6 is 0 Å². The Morgan fingerprint density at radius 2 is 1.68 bits per heavy atom. The highest BCUT2D eigenvalue weighted by molar-refractivity contribution is 7.89. The summed E-state index contributed by atoms with van der Waals surface area (Å²) in [5.74, 6) is -2.93. The Bertz CT molecular complexity index is 1430. The van der Waals surface area contributed by atoms with Crippen molar-refractivity contribution in [3.05, 3.63) is 83.4 Å². The predicted octanol–water partition coefficient (Wildman–Crippen LogP) is 4.73. The van der Waals surface area contributed by atoms with Crippen molar-refractivity contribution in [3.63, 3.8) is 0 Å². The first-order valence-electron chi connectivity index (χ1n) is 9.14. The summed E-state index contributed by atoms with van der Waals surface area (Å²) in [7, 11) is -2.31. The Morgan fingerprint density at radius 1 is 0.935 bits per heavy atom. The van der Waals surface area contributed by atoms with Crippen LogP contribution in [0.3, 0.4) is 0 Å². The minimum atomic E-state index is -3.66. The normalized spacial score (nSPS) is 12.1. The van der Waals surface area contributed by atoms with E-state index in [0.29, 0.717) is 34.1 Å². The molecule has 0 fully saturated rings. The van der Waals surface area contributed by atoms with Gasteiger partial charge in [-0.05, 0) is 49.0 Å². The molecule has 3 aromatic carbocycles. The SMILES string of the molecule is CNS(=O)(=O)c1ccccc1-c1ccc2[nH]c(C=Cc3cc(F)c(F)cc3F)nc2c1. The summed E-state index contributed by atoms with van der Waals surface area (Å²) in [5.41, 5.74) is 2.27. The van der Waals surface area contributed by atoms with Crippen LogP contribution in [-0.2, 0) is 10.0 Å². The minimum Gasteiger partial charge on any atom is -0.338 e. The van der Waals surface area contributed by atoms with Crippen molar-refractivity contribution in [2.24, 2.45) is 0 Å². The Morgan fingerprint density at radius 3 is 2.45 bits per heavy atom. The molecule has 1 aromatic heterocycles. The second-order valence-corrected chi connectivity index (χ2v) is 8.53. The molecule has 0 saturated carbocycles. The number of hydrogen-bond donors (Lipinski definition) is 2. The molecule has 158 valence electrons. The second-order valence-electron chi connectivity index (χ2n) is 6.68. The standard InChI is InChI=1S/C22H16F3N3O2S/c1-26-31(29,30)21-5-3-2-4-15(21)13-6-8-19-20(11-13)28-22(27-19)9-7-14-10-17(24)18(25)12-16(14)23/h2-12,26H,1H3,(H,27,28). The molecule has 0 unspecified atom stereocenters. The molecule has 31 heavy (non-hydrogen) atoms. The summed E-state index contributed by atoms with van der Waals surface area (Å²) in [6.45, 7) is 0. The van der Waals surface area contributed by atoms with E-state index >= 15 is 0 Å². The second kappa shape index (κ2) is 8.01. The number of rotatable bonds is 5. The van der Waals surface area contributed by atoms with E-state index < -0.39 is 27.5 Å². The maximum Gasteiger partial charge on any atom is 0.240 e. The number of nitrogens with one attached hydrogen (secondary N) is 2. The van der Waals surface area contributed by atoms with Gasteiger partial charge in [-0.1, -0.05) is 24.3 Å². The Hall–Kier alpha value is -3.43. The van der Waals surface area contributed by atoms with Crippen molar-refractivity contribution in [1.82, 2.24) is 14.7 Å². The maximum atomic E-state index is 13.8. The molecule has 0 radical (unpaired) electrons. The van der Waals surface area contributed by atoms with Gasteiger partial charge >= 0.3 is 0 Å². The van der Waals surface area contributed by atoms with Crippen LogP contribution in [0.15, 0.2) is 59.5 Å². The van der Waals surface area contributed by atoms with Crippen molar-refractivity contribution < 1.29 is 21.6 Å². The molecule has 0 aliphatic rings. The summed E-state index contributed by atoms with van der Waals surface area (Å²) in [6, 6.07) is 13.1. The quantitative estimate of drug-likeness (QED) is 0.438. The number of imidazole rings is 1. The number of sulfonamides is 1. The molecule has 0 spiro atoms. The molecular weight excluding hydrogens is 427 g/mol. The van der Waals surface area contributed by atoms with E-state index in [-0.39, 0.29) is 10.5 Å². The van der Waals surface area contributed by atoms with Crippen LogP contribution in [0.5, 0.6) is 0 Å². The van der Waals surface area contributed by atoms with Crippen LogP contribution in [0, 0.1) is 17.5 Å². The molecule has 0 amide bonds. The fourth-order valence-electron chi connectivity index (χ4n) is 3.16. The van der Waals surface area contributed by atoms with Crippen LogP contribution in [0.1, 0.15) is 11.4 Å². The van der Waals surface area contributed by atoms with Gasteiger partial charge in [-0.2, -0.15) is 0 Å². The monoisotopic (exact) mass is 443 g/mol. The highest BCUT2D eigenvalue weighted by Crippen LogP contribution is 2.29. The average molecular weight is 443 g/mol. The molecule has 0 saturated heterocycles. The third-order valence-electron chi connectivity index (χ3n) is 4.72. The van der Waals surface area contributed by atoms with Gasteiger partial charge in [0.2, 0.25) is 10.0 Å². The van der Waals surface area contributed by atoms with Gasteiger partial charge in [0, 0.05) is 17.2 Å². The Kier molecular flexibility index (Phi) is 5.38. The number of benzene rings is 3. The van der Waals surface area contributed by atoms with Gasteiger partial charge in [0.1, 0.15) is 11.6 Å². The van der Waals surface area contributed by atoms with Crippen LogP contribution in [0.25, 0.3) is 34.3 Å². The molecule has 2 N–H and O–H groups in total. The Labute approximate surface area is 176 Å². The van der Waals surface area contributed by atoms with Crippen LogP contribution in [0.2, 0.25) is 0 Å². The lowest BCUT2D eigenvalue weighted by atomic mass is 10.1. The predicted molar refractivity (Wildman–Crippen MR) is 113 cm³/mol. The topological polar surface area (TPSA) is 74.8 Å². The summed E-state index contributed by atoms with van der Waals surface area (Å²) >= 11 is 0. The third-order valence-corrected chi connectivity index (χ3v) is 6.19. The van der Waals surface area contributed by atoms with Crippen molar-refractivity contribution in [1.29, 1.82) is 0 Å². The van der Waals surface area contributed by atoms with Crippen molar-refractivity contribution in [2.45, 2.75) is 4.90 Å². The summed E-state index contributed by atoms with van der Waals surface area (Å²) < 4.78 is 67.2. The van der Waals surface area contributed by atoms with Crippen LogP contribution in [-0.4, -0.2) is 25.4 Å².